The number of nitrogens with one attached hydrogen (secondary N) is 1. The molecular formula is C11H17N7. The van der Waals surface area contributed by atoms with Gasteiger partial charge in [-0.3, -0.25) is 9.25 Å². The van der Waals surface area contributed by atoms with Crippen molar-refractivity contribution >= 4 is 5.95 Å². The molecule has 2 aromatic heterocycles. The molecule has 1 aliphatic heterocycles. The average Bonchev–Trinajstić information content (AvgIpc) is 3.03. The molecule has 0 saturated carbocycles. The van der Waals surface area contributed by atoms with Crippen molar-refractivity contribution in [3.8, 4) is 0 Å². The molecule has 3 heterocycles. The van der Waals surface area contributed by atoms with Gasteiger partial charge in [0.05, 0.1) is 12.7 Å². The third-order valence-electron chi connectivity index (χ3n) is 3.20. The summed E-state index contributed by atoms with van der Waals surface area (Å²) in [6, 6.07) is 0. The fraction of sp³-hybridized carbons (Fsp3) is 0.636. The molecule has 0 amide bonds. The van der Waals surface area contributed by atoms with Crippen molar-refractivity contribution in [1.82, 2.24) is 29.8 Å². The first kappa shape index (κ1) is 11.2. The van der Waals surface area contributed by atoms with E-state index in [1.54, 1.807) is 0 Å². The van der Waals surface area contributed by atoms with Crippen LogP contribution < -0.4 is 5.32 Å². The molecule has 0 atom stereocenters. The second kappa shape index (κ2) is 4.75. The van der Waals surface area contributed by atoms with Gasteiger partial charge in [-0.1, -0.05) is 5.21 Å². The summed E-state index contributed by atoms with van der Waals surface area (Å²) >= 11 is 0. The Morgan fingerprint density at radius 1 is 1.28 bits per heavy atom. The lowest BCUT2D eigenvalue weighted by molar-refractivity contribution is 0.525. The van der Waals surface area contributed by atoms with Gasteiger partial charge in [0.2, 0.25) is 5.95 Å². The highest BCUT2D eigenvalue weighted by Gasteiger charge is 2.15. The maximum atomic E-state index is 4.20. The van der Waals surface area contributed by atoms with Gasteiger partial charge in [0.25, 0.3) is 0 Å². The minimum atomic E-state index is 0.637. The number of hydrogen-bond acceptors (Lipinski definition) is 5. The van der Waals surface area contributed by atoms with E-state index < -0.39 is 0 Å². The van der Waals surface area contributed by atoms with Crippen LogP contribution in [0, 0.1) is 0 Å². The first-order chi connectivity index (χ1) is 8.86. The van der Waals surface area contributed by atoms with E-state index in [2.05, 4.69) is 30.4 Å². The lowest BCUT2D eigenvalue weighted by atomic mass is 10.2. The molecule has 0 unspecified atom stereocenters. The molecule has 7 nitrogen and oxygen atoms in total. The molecule has 0 fully saturated rings. The molecule has 0 aliphatic carbocycles. The Labute approximate surface area is 105 Å². The molecule has 7 heteroatoms. The Balaban J connectivity index is 1.67. The molecular weight excluding hydrogens is 230 g/mol. The Bertz CT molecular complexity index is 527. The quantitative estimate of drug-likeness (QED) is 0.866. The third kappa shape index (κ3) is 2.07. The number of aryl methyl sites for hydroxylation is 2. The number of hydrogen-bond donors (Lipinski definition) is 1. The van der Waals surface area contributed by atoms with Crippen molar-refractivity contribution in [2.75, 3.05) is 5.32 Å². The second-order valence-electron chi connectivity index (χ2n) is 4.47. The topological polar surface area (TPSA) is 73.5 Å². The standard InChI is InChI=1S/C11H17N7/c1-2-17-8-9(13-16-17)7-12-11-15-14-10-5-3-4-6-18(10)11/h8H,2-7H2,1H3,(H,12,15). The maximum Gasteiger partial charge on any atom is 0.224 e. The van der Waals surface area contributed by atoms with E-state index in [0.717, 1.165) is 37.0 Å². The fourth-order valence-electron chi connectivity index (χ4n) is 2.18. The van der Waals surface area contributed by atoms with Crippen LogP contribution in [0.15, 0.2) is 6.20 Å². The van der Waals surface area contributed by atoms with Crippen molar-refractivity contribution in [2.24, 2.45) is 0 Å². The number of anilines is 1. The average molecular weight is 247 g/mol. The van der Waals surface area contributed by atoms with Gasteiger partial charge in [-0.25, -0.2) is 0 Å². The zero-order chi connectivity index (χ0) is 12.4. The largest absolute Gasteiger partial charge is 0.349 e. The Hall–Kier alpha value is -1.92. The van der Waals surface area contributed by atoms with Crippen LogP contribution >= 0.6 is 0 Å². The maximum absolute atomic E-state index is 4.20. The molecule has 96 valence electrons. The highest BCUT2D eigenvalue weighted by molar-refractivity contribution is 5.27. The molecule has 0 saturated heterocycles. The van der Waals surface area contributed by atoms with E-state index >= 15 is 0 Å². The van der Waals surface area contributed by atoms with Crippen LogP contribution in [0.5, 0.6) is 0 Å². The summed E-state index contributed by atoms with van der Waals surface area (Å²) in [5.74, 6) is 1.93. The summed E-state index contributed by atoms with van der Waals surface area (Å²) in [6.45, 7) is 4.53. The summed E-state index contributed by atoms with van der Waals surface area (Å²) in [6.07, 6.45) is 5.38. The van der Waals surface area contributed by atoms with Crippen molar-refractivity contribution in [3.63, 3.8) is 0 Å². The predicted octanol–water partition coefficient (Wildman–Crippen LogP) is 0.838. The number of nitrogens with zero attached hydrogens (tertiary/aromatic N) is 6. The highest BCUT2D eigenvalue weighted by Crippen LogP contribution is 2.17. The molecule has 1 aliphatic rings. The van der Waals surface area contributed by atoms with E-state index in [1.165, 1.54) is 12.8 Å². The molecule has 1 N–H and O–H groups in total. The number of aromatic nitrogens is 6. The summed E-state index contributed by atoms with van der Waals surface area (Å²) < 4.78 is 3.98. The van der Waals surface area contributed by atoms with Crippen LogP contribution in [0.3, 0.4) is 0 Å². The van der Waals surface area contributed by atoms with Crippen LogP contribution in [-0.2, 0) is 26.1 Å². The van der Waals surface area contributed by atoms with Gasteiger partial charge in [0, 0.05) is 19.5 Å². The minimum Gasteiger partial charge on any atom is -0.349 e. The van der Waals surface area contributed by atoms with Gasteiger partial charge < -0.3 is 5.32 Å². The van der Waals surface area contributed by atoms with Gasteiger partial charge in [0.1, 0.15) is 11.5 Å². The van der Waals surface area contributed by atoms with Crippen LogP contribution in [0.4, 0.5) is 5.95 Å². The van der Waals surface area contributed by atoms with Crippen molar-refractivity contribution in [3.05, 3.63) is 17.7 Å². The number of fused-ring (bicyclic) bond motifs is 1. The summed E-state index contributed by atoms with van der Waals surface area (Å²) in [4.78, 5) is 0. The molecule has 3 rings (SSSR count). The first-order valence-electron chi connectivity index (χ1n) is 6.42. The van der Waals surface area contributed by atoms with Crippen molar-refractivity contribution in [2.45, 2.75) is 45.8 Å². The van der Waals surface area contributed by atoms with E-state index in [1.807, 2.05) is 17.8 Å². The first-order valence-corrected chi connectivity index (χ1v) is 6.42. The zero-order valence-corrected chi connectivity index (χ0v) is 10.5. The van der Waals surface area contributed by atoms with Gasteiger partial charge in [0.15, 0.2) is 0 Å². The zero-order valence-electron chi connectivity index (χ0n) is 10.5. The van der Waals surface area contributed by atoms with Crippen molar-refractivity contribution < 1.29 is 0 Å². The Morgan fingerprint density at radius 3 is 3.06 bits per heavy atom. The summed E-state index contributed by atoms with van der Waals surface area (Å²) in [5, 5.41) is 19.8. The Kier molecular flexibility index (Phi) is 2.95. The fourth-order valence-corrected chi connectivity index (χ4v) is 2.18. The summed E-state index contributed by atoms with van der Waals surface area (Å²) in [5.41, 5.74) is 0.921. The van der Waals surface area contributed by atoms with Crippen LogP contribution in [0.25, 0.3) is 0 Å². The minimum absolute atomic E-state index is 0.637. The van der Waals surface area contributed by atoms with Gasteiger partial charge in [-0.2, -0.15) is 0 Å². The molecule has 0 aromatic carbocycles. The number of rotatable bonds is 4. The van der Waals surface area contributed by atoms with Crippen LogP contribution in [-0.4, -0.2) is 29.8 Å². The summed E-state index contributed by atoms with van der Waals surface area (Å²) in [7, 11) is 0. The molecule has 18 heavy (non-hydrogen) atoms. The van der Waals surface area contributed by atoms with E-state index in [9.17, 15) is 0 Å². The molecule has 0 bridgehead atoms. The van der Waals surface area contributed by atoms with Crippen molar-refractivity contribution in [1.29, 1.82) is 0 Å². The highest BCUT2D eigenvalue weighted by atomic mass is 15.4. The van der Waals surface area contributed by atoms with E-state index in [-0.39, 0.29) is 0 Å². The smallest absolute Gasteiger partial charge is 0.224 e. The van der Waals surface area contributed by atoms with E-state index in [0.29, 0.717) is 6.54 Å². The van der Waals surface area contributed by atoms with E-state index in [4.69, 9.17) is 0 Å². The molecule has 0 radical (unpaired) electrons. The van der Waals surface area contributed by atoms with Gasteiger partial charge >= 0.3 is 0 Å². The third-order valence-corrected chi connectivity index (χ3v) is 3.20. The predicted molar refractivity (Wildman–Crippen MR) is 66.0 cm³/mol. The van der Waals surface area contributed by atoms with Crippen LogP contribution in [0.1, 0.15) is 31.3 Å². The molecule has 0 spiro atoms. The Morgan fingerprint density at radius 2 is 2.22 bits per heavy atom. The second-order valence-corrected chi connectivity index (χ2v) is 4.47. The van der Waals surface area contributed by atoms with Crippen LogP contribution in [0.2, 0.25) is 0 Å². The monoisotopic (exact) mass is 247 g/mol. The lowest BCUT2D eigenvalue weighted by Gasteiger charge is -2.14. The van der Waals surface area contributed by atoms with Gasteiger partial charge in [-0.05, 0) is 19.8 Å². The lowest BCUT2D eigenvalue weighted by Crippen LogP contribution is -2.14. The van der Waals surface area contributed by atoms with Gasteiger partial charge in [-0.15, -0.1) is 15.3 Å². The molecule has 2 aromatic rings. The SMILES string of the molecule is CCn1cc(CNc2nnc3n2CCCC3)nn1. The normalized spacial score (nSPS) is 14.5.